The number of rotatable bonds is 11. The number of nitrogens with one attached hydrogen (secondary N) is 1. The van der Waals surface area contributed by atoms with Crippen molar-refractivity contribution < 1.29 is 4.74 Å². The highest BCUT2D eigenvalue weighted by Gasteiger charge is 2.13. The van der Waals surface area contributed by atoms with Gasteiger partial charge in [-0.2, -0.15) is 0 Å². The van der Waals surface area contributed by atoms with Crippen molar-refractivity contribution in [2.75, 3.05) is 39.9 Å². The number of benzene rings is 1. The summed E-state index contributed by atoms with van der Waals surface area (Å²) in [6, 6.07) is 9.04. The number of methoxy groups -OCH3 is 1. The van der Waals surface area contributed by atoms with Crippen LogP contribution in [0, 0.1) is 0 Å². The van der Waals surface area contributed by atoms with Gasteiger partial charge in [0.2, 0.25) is 0 Å². The molecule has 0 saturated heterocycles. The standard InChI is InChI=1S/C17H29BrN2O/c1-4-10-19-17(15-7-6-8-16(18)14-15)9-11-20(5-2)12-13-21-3/h6-8,14,17,19H,4-5,9-13H2,1-3H3. The molecule has 1 aromatic carbocycles. The minimum Gasteiger partial charge on any atom is -0.383 e. The summed E-state index contributed by atoms with van der Waals surface area (Å²) in [5, 5.41) is 3.67. The molecule has 1 rings (SSSR count). The van der Waals surface area contributed by atoms with Gasteiger partial charge in [0.15, 0.2) is 0 Å². The van der Waals surface area contributed by atoms with Gasteiger partial charge in [0.25, 0.3) is 0 Å². The molecule has 0 aliphatic heterocycles. The summed E-state index contributed by atoms with van der Waals surface area (Å²) in [4.78, 5) is 2.45. The summed E-state index contributed by atoms with van der Waals surface area (Å²) in [7, 11) is 1.76. The minimum absolute atomic E-state index is 0.416. The number of ether oxygens (including phenoxy) is 1. The van der Waals surface area contributed by atoms with E-state index in [0.29, 0.717) is 6.04 Å². The van der Waals surface area contributed by atoms with Crippen molar-refractivity contribution in [2.45, 2.75) is 32.7 Å². The van der Waals surface area contributed by atoms with Gasteiger partial charge in [-0.25, -0.2) is 0 Å². The van der Waals surface area contributed by atoms with Crippen LogP contribution in [0.15, 0.2) is 28.7 Å². The number of nitrogens with zero attached hydrogens (tertiary/aromatic N) is 1. The molecule has 0 saturated carbocycles. The molecule has 0 amide bonds. The maximum atomic E-state index is 5.18. The van der Waals surface area contributed by atoms with Gasteiger partial charge in [0, 0.05) is 30.7 Å². The van der Waals surface area contributed by atoms with Crippen LogP contribution >= 0.6 is 15.9 Å². The first-order valence-corrected chi connectivity index (χ1v) is 8.70. The predicted octanol–water partition coefficient (Wildman–Crippen LogP) is 3.85. The van der Waals surface area contributed by atoms with Gasteiger partial charge < -0.3 is 15.0 Å². The number of hydrogen-bond donors (Lipinski definition) is 1. The zero-order chi connectivity index (χ0) is 15.5. The maximum absolute atomic E-state index is 5.18. The smallest absolute Gasteiger partial charge is 0.0589 e. The Morgan fingerprint density at radius 3 is 2.71 bits per heavy atom. The Morgan fingerprint density at radius 1 is 1.29 bits per heavy atom. The van der Waals surface area contributed by atoms with Crippen LogP contribution < -0.4 is 5.32 Å². The third-order valence-electron chi connectivity index (χ3n) is 3.68. The van der Waals surface area contributed by atoms with E-state index >= 15 is 0 Å². The molecule has 0 heterocycles. The lowest BCUT2D eigenvalue weighted by Gasteiger charge is -2.25. The highest BCUT2D eigenvalue weighted by molar-refractivity contribution is 9.10. The summed E-state index contributed by atoms with van der Waals surface area (Å²) in [6.45, 7) is 9.45. The molecule has 1 N–H and O–H groups in total. The van der Waals surface area contributed by atoms with Crippen LogP contribution in [-0.4, -0.2) is 44.8 Å². The lowest BCUT2D eigenvalue weighted by atomic mass is 10.0. The van der Waals surface area contributed by atoms with Crippen LogP contribution in [0.5, 0.6) is 0 Å². The Labute approximate surface area is 138 Å². The summed E-state index contributed by atoms with van der Waals surface area (Å²) in [6.07, 6.45) is 2.28. The highest BCUT2D eigenvalue weighted by atomic mass is 79.9. The monoisotopic (exact) mass is 356 g/mol. The molecular weight excluding hydrogens is 328 g/mol. The van der Waals surface area contributed by atoms with Gasteiger partial charge in [0.05, 0.1) is 6.61 Å². The van der Waals surface area contributed by atoms with E-state index in [1.807, 2.05) is 0 Å². The summed E-state index contributed by atoms with van der Waals surface area (Å²) in [5.74, 6) is 0. The lowest BCUT2D eigenvalue weighted by molar-refractivity contribution is 0.148. The average Bonchev–Trinajstić information content (AvgIpc) is 2.50. The molecule has 0 spiro atoms. The van der Waals surface area contributed by atoms with E-state index in [1.165, 1.54) is 5.56 Å². The molecule has 1 unspecified atom stereocenters. The molecule has 21 heavy (non-hydrogen) atoms. The number of likely N-dealkylation sites (N-methyl/N-ethyl adjacent to an activating group) is 1. The van der Waals surface area contributed by atoms with Gasteiger partial charge in [-0.15, -0.1) is 0 Å². The van der Waals surface area contributed by atoms with E-state index < -0.39 is 0 Å². The lowest BCUT2D eigenvalue weighted by Crippen LogP contribution is -2.32. The van der Waals surface area contributed by atoms with E-state index in [0.717, 1.165) is 50.1 Å². The quantitative estimate of drug-likeness (QED) is 0.651. The third-order valence-corrected chi connectivity index (χ3v) is 4.18. The average molecular weight is 357 g/mol. The van der Waals surface area contributed by atoms with Crippen LogP contribution in [0.25, 0.3) is 0 Å². The normalized spacial score (nSPS) is 12.8. The van der Waals surface area contributed by atoms with Gasteiger partial charge in [-0.05, 0) is 43.6 Å². The van der Waals surface area contributed by atoms with Crippen molar-refractivity contribution in [1.82, 2.24) is 10.2 Å². The Kier molecular flexibility index (Phi) is 9.92. The van der Waals surface area contributed by atoms with E-state index in [1.54, 1.807) is 7.11 Å². The largest absolute Gasteiger partial charge is 0.383 e. The van der Waals surface area contributed by atoms with E-state index in [2.05, 4.69) is 64.3 Å². The summed E-state index contributed by atoms with van der Waals surface area (Å²) < 4.78 is 6.33. The van der Waals surface area contributed by atoms with Crippen molar-refractivity contribution in [3.63, 3.8) is 0 Å². The molecular formula is C17H29BrN2O. The molecule has 0 aromatic heterocycles. The van der Waals surface area contributed by atoms with Gasteiger partial charge in [-0.1, -0.05) is 41.9 Å². The molecule has 0 bridgehead atoms. The maximum Gasteiger partial charge on any atom is 0.0589 e. The molecule has 3 nitrogen and oxygen atoms in total. The topological polar surface area (TPSA) is 24.5 Å². The van der Waals surface area contributed by atoms with Crippen LogP contribution in [0.3, 0.4) is 0 Å². The van der Waals surface area contributed by atoms with Crippen molar-refractivity contribution in [2.24, 2.45) is 0 Å². The number of halogens is 1. The zero-order valence-corrected chi connectivity index (χ0v) is 15.2. The van der Waals surface area contributed by atoms with E-state index in [9.17, 15) is 0 Å². The van der Waals surface area contributed by atoms with E-state index in [-0.39, 0.29) is 0 Å². The Morgan fingerprint density at radius 2 is 2.10 bits per heavy atom. The third kappa shape index (κ3) is 7.41. The molecule has 1 atom stereocenters. The first-order valence-electron chi connectivity index (χ1n) is 7.91. The molecule has 0 aliphatic carbocycles. The van der Waals surface area contributed by atoms with Crippen molar-refractivity contribution in [1.29, 1.82) is 0 Å². The van der Waals surface area contributed by atoms with Gasteiger partial charge >= 0.3 is 0 Å². The Bertz CT molecular complexity index is 387. The van der Waals surface area contributed by atoms with Gasteiger partial charge in [-0.3, -0.25) is 0 Å². The molecule has 120 valence electrons. The second-order valence-corrected chi connectivity index (χ2v) is 6.19. The molecule has 0 aliphatic rings. The van der Waals surface area contributed by atoms with Crippen molar-refractivity contribution in [3.8, 4) is 0 Å². The Balaban J connectivity index is 2.60. The summed E-state index contributed by atoms with van der Waals surface area (Å²) >= 11 is 3.57. The highest BCUT2D eigenvalue weighted by Crippen LogP contribution is 2.21. The van der Waals surface area contributed by atoms with Gasteiger partial charge in [0.1, 0.15) is 0 Å². The molecule has 1 aromatic rings. The predicted molar refractivity (Wildman–Crippen MR) is 93.8 cm³/mol. The fourth-order valence-electron chi connectivity index (χ4n) is 2.39. The minimum atomic E-state index is 0.416. The fraction of sp³-hybridized carbons (Fsp3) is 0.647. The fourth-order valence-corrected chi connectivity index (χ4v) is 2.81. The van der Waals surface area contributed by atoms with Crippen molar-refractivity contribution in [3.05, 3.63) is 34.3 Å². The zero-order valence-electron chi connectivity index (χ0n) is 13.6. The SMILES string of the molecule is CCCNC(CCN(CC)CCOC)c1cccc(Br)c1. The van der Waals surface area contributed by atoms with Crippen LogP contribution in [-0.2, 0) is 4.74 Å². The van der Waals surface area contributed by atoms with Crippen LogP contribution in [0.1, 0.15) is 38.3 Å². The molecule has 4 heteroatoms. The molecule has 0 radical (unpaired) electrons. The van der Waals surface area contributed by atoms with Crippen LogP contribution in [0.4, 0.5) is 0 Å². The second kappa shape index (κ2) is 11.2. The van der Waals surface area contributed by atoms with E-state index in [4.69, 9.17) is 4.74 Å². The first kappa shape index (κ1) is 18.6. The summed E-state index contributed by atoms with van der Waals surface area (Å²) in [5.41, 5.74) is 1.36. The number of hydrogen-bond acceptors (Lipinski definition) is 3. The molecule has 0 fully saturated rings. The first-order chi connectivity index (χ1) is 10.2. The van der Waals surface area contributed by atoms with Crippen molar-refractivity contribution >= 4 is 15.9 Å². The Hall–Kier alpha value is -0.420. The second-order valence-electron chi connectivity index (χ2n) is 5.28. The van der Waals surface area contributed by atoms with Crippen LogP contribution in [0.2, 0.25) is 0 Å².